The van der Waals surface area contributed by atoms with Crippen molar-refractivity contribution in [2.45, 2.75) is 51.1 Å². The summed E-state index contributed by atoms with van der Waals surface area (Å²) in [5.41, 5.74) is 1.35. The third-order valence-corrected chi connectivity index (χ3v) is 7.93. The van der Waals surface area contributed by atoms with Crippen molar-refractivity contribution in [2.24, 2.45) is 4.99 Å². The fourth-order valence-electron chi connectivity index (χ4n) is 5.27. The summed E-state index contributed by atoms with van der Waals surface area (Å²) in [7, 11) is 1.93. The van der Waals surface area contributed by atoms with Crippen molar-refractivity contribution in [1.82, 2.24) is 25.2 Å². The van der Waals surface area contributed by atoms with Crippen LogP contribution >= 0.6 is 11.8 Å². The molecule has 1 N–H and O–H groups in total. The van der Waals surface area contributed by atoms with E-state index in [1.54, 1.807) is 0 Å². The fourth-order valence-corrected chi connectivity index (χ4v) is 6.17. The van der Waals surface area contributed by atoms with Crippen molar-refractivity contribution in [3.63, 3.8) is 0 Å². The van der Waals surface area contributed by atoms with E-state index >= 15 is 0 Å². The van der Waals surface area contributed by atoms with Crippen LogP contribution in [0, 0.1) is 6.92 Å². The molecule has 3 fully saturated rings. The first-order valence-corrected chi connectivity index (χ1v) is 12.8. The van der Waals surface area contributed by atoms with Gasteiger partial charge in [-0.15, -0.1) is 0 Å². The highest BCUT2D eigenvalue weighted by molar-refractivity contribution is 7.99. The Hall–Kier alpha value is -1.25. The van der Waals surface area contributed by atoms with Gasteiger partial charge in [-0.3, -0.25) is 14.8 Å². The van der Waals surface area contributed by atoms with E-state index in [-0.39, 0.29) is 0 Å². The van der Waals surface area contributed by atoms with Gasteiger partial charge in [0.1, 0.15) is 5.76 Å². The normalized spacial score (nSPS) is 24.2. The maximum Gasteiger partial charge on any atom is 0.193 e. The third kappa shape index (κ3) is 5.32. The average Bonchev–Trinajstić information content (AvgIpc) is 3.21. The molecule has 30 heavy (non-hydrogen) atoms. The van der Waals surface area contributed by atoms with Crippen molar-refractivity contribution in [3.05, 3.63) is 17.5 Å². The number of rotatable bonds is 5. The number of aromatic nitrogens is 1. The van der Waals surface area contributed by atoms with Gasteiger partial charge >= 0.3 is 0 Å². The van der Waals surface area contributed by atoms with Crippen LogP contribution in [0.3, 0.4) is 0 Å². The minimum atomic E-state index is 0.321. The minimum absolute atomic E-state index is 0.321. The lowest BCUT2D eigenvalue weighted by Crippen LogP contribution is -2.61. The Morgan fingerprint density at radius 2 is 1.87 bits per heavy atom. The molecule has 2 saturated heterocycles. The Labute approximate surface area is 185 Å². The van der Waals surface area contributed by atoms with E-state index in [0.29, 0.717) is 5.54 Å². The molecule has 0 atom stereocenters. The van der Waals surface area contributed by atoms with Gasteiger partial charge in [-0.1, -0.05) is 24.4 Å². The second-order valence-electron chi connectivity index (χ2n) is 8.98. The topological polar surface area (TPSA) is 60.1 Å². The smallest absolute Gasteiger partial charge is 0.193 e. The Balaban J connectivity index is 1.30. The second-order valence-corrected chi connectivity index (χ2v) is 10.2. The standard InChI is InChI=1S/C22H38N6OS/c1-19-16-20(25-29-19)17-26-8-10-27(11-9-26)21(23-2)24-18-22(6-4-3-5-7-22)28-12-14-30-15-13-28/h16H,3-15,17-18H2,1-2H3,(H,23,24). The largest absolute Gasteiger partial charge is 0.361 e. The van der Waals surface area contributed by atoms with Crippen LogP contribution in [0.5, 0.6) is 0 Å². The van der Waals surface area contributed by atoms with E-state index in [1.807, 2.05) is 20.0 Å². The Kier molecular flexibility index (Phi) is 7.59. The molecule has 2 aliphatic heterocycles. The third-order valence-electron chi connectivity index (χ3n) is 6.99. The number of piperazine rings is 1. The summed E-state index contributed by atoms with van der Waals surface area (Å²) >= 11 is 2.11. The van der Waals surface area contributed by atoms with Crippen molar-refractivity contribution in [1.29, 1.82) is 0 Å². The zero-order chi connectivity index (χ0) is 20.8. The maximum absolute atomic E-state index is 5.21. The Morgan fingerprint density at radius 3 is 2.50 bits per heavy atom. The number of hydrogen-bond acceptors (Lipinski definition) is 6. The summed E-state index contributed by atoms with van der Waals surface area (Å²) in [6.45, 7) is 10.4. The highest BCUT2D eigenvalue weighted by Crippen LogP contribution is 2.34. The molecule has 1 aliphatic carbocycles. The summed E-state index contributed by atoms with van der Waals surface area (Å²) in [4.78, 5) is 12.3. The fraction of sp³-hybridized carbons (Fsp3) is 0.818. The van der Waals surface area contributed by atoms with E-state index in [9.17, 15) is 0 Å². The molecule has 0 amide bonds. The molecule has 1 aromatic heterocycles. The number of hydrogen-bond donors (Lipinski definition) is 1. The molecule has 1 aromatic rings. The van der Waals surface area contributed by atoms with Crippen LogP contribution in [0.2, 0.25) is 0 Å². The molecule has 0 unspecified atom stereocenters. The number of nitrogens with one attached hydrogen (secondary N) is 1. The Bertz CT molecular complexity index is 688. The van der Waals surface area contributed by atoms with Gasteiger partial charge in [0.15, 0.2) is 5.96 Å². The van der Waals surface area contributed by atoms with Gasteiger partial charge in [-0.25, -0.2) is 0 Å². The minimum Gasteiger partial charge on any atom is -0.361 e. The molecule has 0 radical (unpaired) electrons. The van der Waals surface area contributed by atoms with Crippen molar-refractivity contribution < 1.29 is 4.52 Å². The molecule has 3 aliphatic rings. The molecule has 7 nitrogen and oxygen atoms in total. The first-order valence-electron chi connectivity index (χ1n) is 11.6. The molecule has 1 saturated carbocycles. The van der Waals surface area contributed by atoms with Crippen LogP contribution in [-0.2, 0) is 6.54 Å². The number of thioether (sulfide) groups is 1. The lowest BCUT2D eigenvalue weighted by atomic mass is 9.80. The van der Waals surface area contributed by atoms with E-state index in [4.69, 9.17) is 4.52 Å². The van der Waals surface area contributed by atoms with E-state index in [2.05, 4.69) is 41.9 Å². The quantitative estimate of drug-likeness (QED) is 0.564. The van der Waals surface area contributed by atoms with Crippen LogP contribution < -0.4 is 5.32 Å². The predicted octanol–water partition coefficient (Wildman–Crippen LogP) is 2.43. The number of nitrogens with zero attached hydrogens (tertiary/aromatic N) is 5. The van der Waals surface area contributed by atoms with Crippen molar-refractivity contribution in [2.75, 3.05) is 64.4 Å². The van der Waals surface area contributed by atoms with Gasteiger partial charge in [0.05, 0.1) is 5.69 Å². The highest BCUT2D eigenvalue weighted by atomic mass is 32.2. The molecule has 0 bridgehead atoms. The molecule has 3 heterocycles. The monoisotopic (exact) mass is 434 g/mol. The number of aliphatic imine (C=N–C) groups is 1. The molecule has 168 valence electrons. The first kappa shape index (κ1) is 22.0. The molecule has 4 rings (SSSR count). The van der Waals surface area contributed by atoms with Gasteiger partial charge < -0.3 is 14.7 Å². The summed E-state index contributed by atoms with van der Waals surface area (Å²) in [6, 6.07) is 2.04. The summed E-state index contributed by atoms with van der Waals surface area (Å²) < 4.78 is 5.21. The molecule has 0 aromatic carbocycles. The Morgan fingerprint density at radius 1 is 1.13 bits per heavy atom. The second kappa shape index (κ2) is 10.4. The van der Waals surface area contributed by atoms with Gasteiger partial charge in [0.2, 0.25) is 0 Å². The number of guanidine groups is 1. The van der Waals surface area contributed by atoms with Gasteiger partial charge in [-0.2, -0.15) is 11.8 Å². The van der Waals surface area contributed by atoms with Crippen LogP contribution in [0.1, 0.15) is 43.6 Å². The van der Waals surface area contributed by atoms with Crippen LogP contribution in [-0.4, -0.2) is 95.7 Å². The lowest BCUT2D eigenvalue weighted by molar-refractivity contribution is 0.0615. The SMILES string of the molecule is CN=C(NCC1(N2CCSCC2)CCCCC1)N1CCN(Cc2cc(C)on2)CC1. The van der Waals surface area contributed by atoms with Gasteiger partial charge in [-0.05, 0) is 19.8 Å². The van der Waals surface area contributed by atoms with Crippen LogP contribution in [0.15, 0.2) is 15.6 Å². The summed E-state index contributed by atoms with van der Waals surface area (Å²) in [6.07, 6.45) is 6.78. The van der Waals surface area contributed by atoms with Crippen LogP contribution in [0.25, 0.3) is 0 Å². The summed E-state index contributed by atoms with van der Waals surface area (Å²) in [5, 5.41) is 7.94. The zero-order valence-corrected chi connectivity index (χ0v) is 19.6. The molecular formula is C22H38N6OS. The predicted molar refractivity (Wildman–Crippen MR) is 124 cm³/mol. The highest BCUT2D eigenvalue weighted by Gasteiger charge is 2.38. The molecule has 8 heteroatoms. The van der Waals surface area contributed by atoms with Gasteiger partial charge in [0.25, 0.3) is 0 Å². The summed E-state index contributed by atoms with van der Waals surface area (Å²) in [5.74, 6) is 4.52. The van der Waals surface area contributed by atoms with Gasteiger partial charge in [0, 0.05) is 82.5 Å². The van der Waals surface area contributed by atoms with Crippen molar-refractivity contribution in [3.8, 4) is 0 Å². The molecule has 0 spiro atoms. The van der Waals surface area contributed by atoms with Crippen molar-refractivity contribution >= 4 is 17.7 Å². The molecular weight excluding hydrogens is 396 g/mol. The van der Waals surface area contributed by atoms with E-state index in [0.717, 1.165) is 56.7 Å². The first-order chi connectivity index (χ1) is 14.7. The van der Waals surface area contributed by atoms with Crippen LogP contribution in [0.4, 0.5) is 0 Å². The average molecular weight is 435 g/mol. The van der Waals surface area contributed by atoms with E-state index < -0.39 is 0 Å². The zero-order valence-electron chi connectivity index (χ0n) is 18.7. The van der Waals surface area contributed by atoms with E-state index in [1.165, 1.54) is 56.7 Å². The number of aryl methyl sites for hydroxylation is 1. The lowest BCUT2D eigenvalue weighted by Gasteiger charge is -2.49. The maximum atomic E-state index is 5.21.